The quantitative estimate of drug-likeness (QED) is 0.841. The molecule has 26 heavy (non-hydrogen) atoms. The van der Waals surface area contributed by atoms with E-state index in [1.807, 2.05) is 39.8 Å². The summed E-state index contributed by atoms with van der Waals surface area (Å²) in [4.78, 5) is 26.6. The molecule has 0 aliphatic carbocycles. The Morgan fingerprint density at radius 2 is 1.77 bits per heavy atom. The topological polar surface area (TPSA) is 70.7 Å². The Morgan fingerprint density at radius 3 is 2.35 bits per heavy atom. The molecule has 1 aromatic carbocycles. The smallest absolute Gasteiger partial charge is 0.410 e. The molecule has 2 aliphatic heterocycles. The molecule has 1 atom stereocenters. The van der Waals surface area contributed by atoms with Crippen LogP contribution in [-0.4, -0.2) is 41.1 Å². The maximum Gasteiger partial charge on any atom is 0.410 e. The first-order valence-corrected chi connectivity index (χ1v) is 9.27. The first kappa shape index (κ1) is 18.5. The predicted molar refractivity (Wildman–Crippen MR) is 102 cm³/mol. The molecule has 2 aliphatic rings. The second-order valence-corrected chi connectivity index (χ2v) is 8.40. The summed E-state index contributed by atoms with van der Waals surface area (Å²) in [7, 11) is 0. The van der Waals surface area contributed by atoms with Gasteiger partial charge in [0.05, 0.1) is 11.4 Å². The number of anilines is 2. The molecule has 6 nitrogen and oxygen atoms in total. The molecule has 1 amide bonds. The lowest BCUT2D eigenvalue weighted by molar-refractivity contribution is -0.122. The number of rotatable bonds is 2. The molecule has 1 fully saturated rings. The number of ether oxygens (including phenoxy) is 1. The van der Waals surface area contributed by atoms with E-state index in [1.54, 1.807) is 11.8 Å². The van der Waals surface area contributed by atoms with E-state index in [0.717, 1.165) is 29.8 Å². The van der Waals surface area contributed by atoms with Crippen LogP contribution in [0.15, 0.2) is 18.2 Å². The summed E-state index contributed by atoms with van der Waals surface area (Å²) in [5, 5.41) is 6.88. The lowest BCUT2D eigenvalue weighted by Crippen LogP contribution is -2.58. The van der Waals surface area contributed by atoms with Crippen LogP contribution in [-0.2, 0) is 9.53 Å². The maximum absolute atomic E-state index is 12.6. The Bertz CT molecular complexity index is 718. The van der Waals surface area contributed by atoms with E-state index >= 15 is 0 Å². The van der Waals surface area contributed by atoms with Gasteiger partial charge < -0.3 is 20.3 Å². The number of nitrogens with zero attached hydrogens (tertiary/aromatic N) is 1. The fraction of sp³-hybridized carbons (Fsp3) is 0.600. The number of aryl methyl sites for hydroxylation is 1. The maximum atomic E-state index is 12.6. The van der Waals surface area contributed by atoms with Gasteiger partial charge >= 0.3 is 6.09 Å². The van der Waals surface area contributed by atoms with E-state index in [4.69, 9.17) is 4.74 Å². The number of piperidine rings is 1. The zero-order valence-electron chi connectivity index (χ0n) is 16.3. The van der Waals surface area contributed by atoms with Crippen LogP contribution in [0.5, 0.6) is 0 Å². The number of amides is 1. The van der Waals surface area contributed by atoms with Crippen molar-refractivity contribution in [3.8, 4) is 0 Å². The molecule has 2 N–H and O–H groups in total. The highest BCUT2D eigenvalue weighted by Gasteiger charge is 2.48. The van der Waals surface area contributed by atoms with Crippen molar-refractivity contribution in [2.24, 2.45) is 5.92 Å². The molecule has 1 saturated heterocycles. The average Bonchev–Trinajstić information content (AvgIpc) is 2.93. The molecule has 1 aromatic rings. The molecule has 0 radical (unpaired) electrons. The zero-order valence-corrected chi connectivity index (χ0v) is 16.3. The highest BCUT2D eigenvalue weighted by Crippen LogP contribution is 2.42. The van der Waals surface area contributed by atoms with Crippen molar-refractivity contribution in [1.82, 2.24) is 4.90 Å². The zero-order chi connectivity index (χ0) is 19.1. The van der Waals surface area contributed by atoms with Crippen molar-refractivity contribution in [1.29, 1.82) is 0 Å². The summed E-state index contributed by atoms with van der Waals surface area (Å²) < 4.78 is 5.46. The standard InChI is InChI=1S/C20H29N3O3/c1-13-6-7-16-17(12-13)22-20(21-16,14(2)24)15-8-10-23(11-9-15)18(25)26-19(3,4)5/h6-7,12,15,21-22H,8-11H2,1-5H3. The third-order valence-electron chi connectivity index (χ3n) is 5.15. The summed E-state index contributed by atoms with van der Waals surface area (Å²) in [5.74, 6) is 0.175. The van der Waals surface area contributed by atoms with E-state index in [2.05, 4.69) is 16.7 Å². The largest absolute Gasteiger partial charge is 0.444 e. The Hall–Kier alpha value is -2.24. The van der Waals surface area contributed by atoms with Gasteiger partial charge in [0, 0.05) is 19.0 Å². The van der Waals surface area contributed by atoms with Gasteiger partial charge in [-0.25, -0.2) is 4.79 Å². The number of hydrogen-bond donors (Lipinski definition) is 2. The minimum absolute atomic E-state index is 0.0714. The molecule has 3 rings (SSSR count). The van der Waals surface area contributed by atoms with Crippen molar-refractivity contribution < 1.29 is 14.3 Å². The summed E-state index contributed by atoms with van der Waals surface area (Å²) in [5.41, 5.74) is 1.78. The van der Waals surface area contributed by atoms with E-state index in [-0.39, 0.29) is 17.8 Å². The molecule has 0 spiro atoms. The molecule has 2 heterocycles. The number of hydrogen-bond acceptors (Lipinski definition) is 5. The molecule has 0 aromatic heterocycles. The van der Waals surface area contributed by atoms with E-state index in [9.17, 15) is 9.59 Å². The fourth-order valence-corrected chi connectivity index (χ4v) is 3.82. The summed E-state index contributed by atoms with van der Waals surface area (Å²) in [6, 6.07) is 6.11. The van der Waals surface area contributed by atoms with Crippen LogP contribution in [0, 0.1) is 12.8 Å². The lowest BCUT2D eigenvalue weighted by atomic mass is 9.82. The highest BCUT2D eigenvalue weighted by atomic mass is 16.6. The van der Waals surface area contributed by atoms with Crippen LogP contribution in [0.1, 0.15) is 46.1 Å². The van der Waals surface area contributed by atoms with Gasteiger partial charge in [0.25, 0.3) is 0 Å². The number of carbonyl (C=O) groups excluding carboxylic acids is 2. The number of likely N-dealkylation sites (tertiary alicyclic amines) is 1. The normalized spacial score (nSPS) is 23.0. The summed E-state index contributed by atoms with van der Waals surface area (Å²) in [6.45, 7) is 10.4. The van der Waals surface area contributed by atoms with E-state index in [0.29, 0.717) is 13.1 Å². The average molecular weight is 359 g/mol. The SMILES string of the molecule is CC(=O)C1(C2CCN(C(=O)OC(C)(C)C)CC2)Nc2ccc(C)cc2N1. The molecule has 142 valence electrons. The molecule has 6 heteroatoms. The van der Waals surface area contributed by atoms with Crippen LogP contribution in [0.4, 0.5) is 16.2 Å². The lowest BCUT2D eigenvalue weighted by Gasteiger charge is -2.41. The number of Topliss-reactive ketones (excluding diaryl/α,β-unsaturated/α-hetero) is 1. The second kappa shape index (κ2) is 6.49. The molecular weight excluding hydrogens is 330 g/mol. The van der Waals surface area contributed by atoms with Gasteiger partial charge in [-0.1, -0.05) is 6.07 Å². The third kappa shape index (κ3) is 3.50. The first-order valence-electron chi connectivity index (χ1n) is 9.27. The highest BCUT2D eigenvalue weighted by molar-refractivity contribution is 5.97. The van der Waals surface area contributed by atoms with Crippen molar-refractivity contribution in [2.45, 2.75) is 58.7 Å². The van der Waals surface area contributed by atoms with Gasteiger partial charge in [-0.3, -0.25) is 4.79 Å². The van der Waals surface area contributed by atoms with Crippen molar-refractivity contribution >= 4 is 23.3 Å². The Balaban J connectivity index is 1.71. The number of ketones is 1. The van der Waals surface area contributed by atoms with Crippen LogP contribution in [0.25, 0.3) is 0 Å². The third-order valence-corrected chi connectivity index (χ3v) is 5.15. The molecule has 0 bridgehead atoms. The van der Waals surface area contributed by atoms with Crippen molar-refractivity contribution in [2.75, 3.05) is 23.7 Å². The van der Waals surface area contributed by atoms with Crippen molar-refractivity contribution in [3.63, 3.8) is 0 Å². The van der Waals surface area contributed by atoms with Gasteiger partial charge in [-0.15, -0.1) is 0 Å². The summed E-state index contributed by atoms with van der Waals surface area (Å²) in [6.07, 6.45) is 1.21. The van der Waals surface area contributed by atoms with Gasteiger partial charge in [-0.05, 0) is 65.2 Å². The van der Waals surface area contributed by atoms with Gasteiger partial charge in [0.15, 0.2) is 11.4 Å². The number of nitrogens with one attached hydrogen (secondary N) is 2. The fourth-order valence-electron chi connectivity index (χ4n) is 3.82. The monoisotopic (exact) mass is 359 g/mol. The van der Waals surface area contributed by atoms with Gasteiger partial charge in [0.2, 0.25) is 0 Å². The minimum atomic E-state index is -0.795. The van der Waals surface area contributed by atoms with Crippen LogP contribution >= 0.6 is 0 Å². The molecular formula is C20H29N3O3. The second-order valence-electron chi connectivity index (χ2n) is 8.40. The first-order chi connectivity index (χ1) is 12.1. The Kier molecular flexibility index (Phi) is 4.63. The van der Waals surface area contributed by atoms with Crippen LogP contribution in [0.3, 0.4) is 0 Å². The van der Waals surface area contributed by atoms with Gasteiger partial charge in [-0.2, -0.15) is 0 Å². The Labute approximate surface area is 155 Å². The van der Waals surface area contributed by atoms with Gasteiger partial charge in [0.1, 0.15) is 5.60 Å². The summed E-state index contributed by atoms with van der Waals surface area (Å²) >= 11 is 0. The number of carbonyl (C=O) groups is 2. The van der Waals surface area contributed by atoms with Crippen LogP contribution < -0.4 is 10.6 Å². The molecule has 0 saturated carbocycles. The number of fused-ring (bicyclic) bond motifs is 1. The van der Waals surface area contributed by atoms with Crippen molar-refractivity contribution in [3.05, 3.63) is 23.8 Å². The minimum Gasteiger partial charge on any atom is -0.444 e. The van der Waals surface area contributed by atoms with E-state index < -0.39 is 11.3 Å². The Morgan fingerprint density at radius 1 is 1.15 bits per heavy atom. The molecule has 1 unspecified atom stereocenters. The van der Waals surface area contributed by atoms with E-state index in [1.165, 1.54) is 0 Å². The predicted octanol–water partition coefficient (Wildman–Crippen LogP) is 3.76. The number of benzene rings is 1. The van der Waals surface area contributed by atoms with Crippen LogP contribution in [0.2, 0.25) is 0 Å².